The maximum atomic E-state index is 12.6. The summed E-state index contributed by atoms with van der Waals surface area (Å²) in [6.07, 6.45) is 5.03. The lowest BCUT2D eigenvalue weighted by atomic mass is 10.1. The molecular weight excluding hydrogens is 657 g/mol. The van der Waals surface area contributed by atoms with Crippen LogP contribution in [0.15, 0.2) is 72.8 Å². The van der Waals surface area contributed by atoms with E-state index in [0.717, 1.165) is 66.6 Å². The Bertz CT molecular complexity index is 1420. The lowest BCUT2D eigenvalue weighted by Gasteiger charge is -2.36. The molecule has 0 aliphatic carbocycles. The summed E-state index contributed by atoms with van der Waals surface area (Å²) in [6.45, 7) is 8.51. The van der Waals surface area contributed by atoms with Gasteiger partial charge < -0.3 is 38.4 Å². The summed E-state index contributed by atoms with van der Waals surface area (Å²) in [5.41, 5.74) is 3.17. The Labute approximate surface area is 294 Å². The third-order valence-corrected chi connectivity index (χ3v) is 13.6. The molecule has 1 heterocycles. The average molecular weight is 714 g/mol. The number of unbranched alkanes of at least 4 members (excludes halogenated alkanes) is 2. The van der Waals surface area contributed by atoms with E-state index >= 15 is 0 Å². The highest BCUT2D eigenvalue weighted by Crippen LogP contribution is 2.41. The van der Waals surface area contributed by atoms with Crippen molar-refractivity contribution in [3.05, 3.63) is 89.5 Å². The van der Waals surface area contributed by atoms with Crippen LogP contribution in [-0.4, -0.2) is 63.0 Å². The van der Waals surface area contributed by atoms with Gasteiger partial charge in [-0.05, 0) is 61.2 Å². The van der Waals surface area contributed by atoms with Gasteiger partial charge in [-0.2, -0.15) is 0 Å². The second-order valence-corrected chi connectivity index (χ2v) is 18.8. The zero-order valence-corrected chi connectivity index (χ0v) is 31.4. The molecule has 3 N–H and O–H groups in total. The van der Waals surface area contributed by atoms with Crippen LogP contribution in [0.3, 0.4) is 0 Å². The van der Waals surface area contributed by atoms with Crippen LogP contribution in [0.5, 0.6) is 17.2 Å². The van der Waals surface area contributed by atoms with E-state index in [1.807, 2.05) is 72.8 Å². The van der Waals surface area contributed by atoms with Crippen molar-refractivity contribution in [2.45, 2.75) is 96.7 Å². The second kappa shape index (κ2) is 20.2. The van der Waals surface area contributed by atoms with Gasteiger partial charge in [-0.25, -0.2) is 0 Å². The molecule has 270 valence electrons. The summed E-state index contributed by atoms with van der Waals surface area (Å²) in [4.78, 5) is 10.3. The number of benzene rings is 3. The van der Waals surface area contributed by atoms with E-state index in [1.54, 1.807) is 0 Å². The summed E-state index contributed by atoms with van der Waals surface area (Å²) < 4.78 is 42.7. The number of aliphatic hydroxyl groups excluding tert-OH is 1. The molecule has 0 amide bonds. The van der Waals surface area contributed by atoms with Gasteiger partial charge in [-0.1, -0.05) is 82.0 Å². The van der Waals surface area contributed by atoms with Gasteiger partial charge in [0.1, 0.15) is 30.0 Å². The first-order valence-electron chi connectivity index (χ1n) is 17.8. The third kappa shape index (κ3) is 13.9. The predicted octanol–water partition coefficient (Wildman–Crippen LogP) is 7.81. The first kappa shape index (κ1) is 39.1. The summed E-state index contributed by atoms with van der Waals surface area (Å²) in [6, 6.07) is 25.5. The van der Waals surface area contributed by atoms with E-state index in [4.69, 9.17) is 23.1 Å². The molecule has 0 fully saturated rings. The highest BCUT2D eigenvalue weighted by atomic mass is 31.2. The van der Waals surface area contributed by atoms with Crippen molar-refractivity contribution in [1.82, 2.24) is 5.32 Å². The molecule has 0 radical (unpaired) electrons. The lowest BCUT2D eigenvalue weighted by molar-refractivity contribution is 0.104. The molecule has 0 bridgehead atoms. The zero-order chi connectivity index (χ0) is 35.0. The van der Waals surface area contributed by atoms with E-state index in [9.17, 15) is 14.6 Å². The minimum Gasteiger partial charge on any atom is -0.520 e. The first-order valence-corrected chi connectivity index (χ1v) is 22.1. The molecule has 0 aromatic heterocycles. The maximum absolute atomic E-state index is 12.6. The quantitative estimate of drug-likeness (QED) is 0.0514. The largest absolute Gasteiger partial charge is 0.520 e. The van der Waals surface area contributed by atoms with Crippen molar-refractivity contribution in [3.8, 4) is 17.2 Å². The minimum atomic E-state index is -3.42. The van der Waals surface area contributed by atoms with Crippen molar-refractivity contribution >= 4 is 15.9 Å². The fourth-order valence-corrected chi connectivity index (χ4v) is 10.4. The summed E-state index contributed by atoms with van der Waals surface area (Å²) in [5.74, 6) is 2.17. The SMILES string of the molecule is CCCC[Si]1(CCCC)OCc2cc(OCC(O)CNC(C)Cc3ccc(OCP(=O)(O)CCCOCc4ccccc4)cc3)ccc2O1. The van der Waals surface area contributed by atoms with Gasteiger partial charge in [0.2, 0.25) is 7.37 Å². The number of nitrogens with one attached hydrogen (secondary N) is 1. The Hall–Kier alpha value is -2.69. The van der Waals surface area contributed by atoms with Crippen molar-refractivity contribution in [2.75, 3.05) is 32.3 Å². The average Bonchev–Trinajstić information content (AvgIpc) is 3.11. The Morgan fingerprint density at radius 1 is 0.918 bits per heavy atom. The standard InChI is InChI=1S/C38H56NO8PSi/c1-4-6-22-49(23-7-5-2)46-28-34-25-37(18-19-38(34)47-49)44-29-35(40)26-39-31(3)24-32-14-16-36(17-15-32)45-30-48(41,42)21-11-20-43-27-33-12-9-8-10-13-33/h8-10,12-19,25,31,35,39-40H,4-7,11,20-24,26-30H2,1-3H3,(H,41,42). The van der Waals surface area contributed by atoms with Crippen LogP contribution < -0.4 is 19.2 Å². The van der Waals surface area contributed by atoms with Gasteiger partial charge >= 0.3 is 8.56 Å². The van der Waals surface area contributed by atoms with Gasteiger partial charge in [0.05, 0.1) is 13.2 Å². The van der Waals surface area contributed by atoms with Crippen LogP contribution in [0.2, 0.25) is 12.1 Å². The monoisotopic (exact) mass is 713 g/mol. The molecule has 3 atom stereocenters. The number of fused-ring (bicyclic) bond motifs is 1. The highest BCUT2D eigenvalue weighted by Gasteiger charge is 2.42. The normalized spacial score (nSPS) is 16.2. The van der Waals surface area contributed by atoms with Crippen LogP contribution >= 0.6 is 7.37 Å². The van der Waals surface area contributed by atoms with Crippen molar-refractivity contribution in [3.63, 3.8) is 0 Å². The van der Waals surface area contributed by atoms with Gasteiger partial charge in [0, 0.05) is 43.0 Å². The fourth-order valence-electron chi connectivity index (χ4n) is 5.71. The lowest BCUT2D eigenvalue weighted by Crippen LogP contribution is -2.47. The molecule has 4 rings (SSSR count). The van der Waals surface area contributed by atoms with Crippen LogP contribution in [0.25, 0.3) is 0 Å². The molecule has 49 heavy (non-hydrogen) atoms. The van der Waals surface area contributed by atoms with Crippen molar-refractivity contribution in [1.29, 1.82) is 0 Å². The Balaban J connectivity index is 1.11. The molecule has 3 unspecified atom stereocenters. The number of ether oxygens (including phenoxy) is 3. The Kier molecular flexibility index (Phi) is 16.1. The van der Waals surface area contributed by atoms with Crippen LogP contribution in [0.1, 0.15) is 69.6 Å². The number of aliphatic hydroxyl groups is 1. The molecule has 0 spiro atoms. The van der Waals surface area contributed by atoms with E-state index < -0.39 is 22.0 Å². The van der Waals surface area contributed by atoms with E-state index in [2.05, 4.69) is 26.1 Å². The summed E-state index contributed by atoms with van der Waals surface area (Å²) in [7, 11) is -5.65. The first-order chi connectivity index (χ1) is 23.7. The van der Waals surface area contributed by atoms with Crippen LogP contribution in [-0.2, 0) is 33.4 Å². The number of rotatable bonds is 23. The Morgan fingerprint density at radius 3 is 2.35 bits per heavy atom. The van der Waals surface area contributed by atoms with Gasteiger partial charge in [0.15, 0.2) is 6.35 Å². The molecule has 1 aliphatic heterocycles. The second-order valence-electron chi connectivity index (χ2n) is 13.1. The van der Waals surface area contributed by atoms with Gasteiger partial charge in [-0.3, -0.25) is 4.57 Å². The summed E-state index contributed by atoms with van der Waals surface area (Å²) >= 11 is 0. The molecule has 11 heteroatoms. The molecule has 9 nitrogen and oxygen atoms in total. The van der Waals surface area contributed by atoms with E-state index in [-0.39, 0.29) is 25.2 Å². The summed E-state index contributed by atoms with van der Waals surface area (Å²) in [5, 5.41) is 14.0. The smallest absolute Gasteiger partial charge is 0.399 e. The zero-order valence-electron chi connectivity index (χ0n) is 29.5. The molecule has 0 saturated heterocycles. The van der Waals surface area contributed by atoms with Crippen molar-refractivity contribution < 1.29 is 37.6 Å². The number of hydrogen-bond donors (Lipinski definition) is 3. The molecule has 3 aromatic carbocycles. The molecular formula is C38H56NO8PSi. The molecule has 0 saturated carbocycles. The van der Waals surface area contributed by atoms with Crippen LogP contribution in [0, 0.1) is 0 Å². The maximum Gasteiger partial charge on any atom is 0.399 e. The van der Waals surface area contributed by atoms with Crippen molar-refractivity contribution in [2.24, 2.45) is 0 Å². The van der Waals surface area contributed by atoms with Crippen LogP contribution in [0.4, 0.5) is 0 Å². The van der Waals surface area contributed by atoms with E-state index in [0.29, 0.717) is 44.3 Å². The van der Waals surface area contributed by atoms with Gasteiger partial charge in [-0.15, -0.1) is 0 Å². The molecule has 1 aliphatic rings. The predicted molar refractivity (Wildman–Crippen MR) is 197 cm³/mol. The Morgan fingerprint density at radius 2 is 1.63 bits per heavy atom. The highest BCUT2D eigenvalue weighted by molar-refractivity contribution is 7.57. The number of hydrogen-bond acceptors (Lipinski definition) is 8. The fraction of sp³-hybridized carbons (Fsp3) is 0.526. The van der Waals surface area contributed by atoms with Gasteiger partial charge in [0.25, 0.3) is 0 Å². The third-order valence-electron chi connectivity index (χ3n) is 8.59. The minimum absolute atomic E-state index is 0.117. The topological polar surface area (TPSA) is 116 Å². The van der Waals surface area contributed by atoms with E-state index in [1.165, 1.54) is 0 Å². The molecule has 3 aromatic rings.